The lowest BCUT2D eigenvalue weighted by molar-refractivity contribution is 0.343. The fourth-order valence-corrected chi connectivity index (χ4v) is 3.37. The summed E-state index contributed by atoms with van der Waals surface area (Å²) in [4.78, 5) is 4.70. The van der Waals surface area contributed by atoms with Crippen LogP contribution in [0.2, 0.25) is 5.02 Å². The summed E-state index contributed by atoms with van der Waals surface area (Å²) in [6, 6.07) is 18.5. The van der Waals surface area contributed by atoms with E-state index in [2.05, 4.69) is 57.4 Å². The zero-order chi connectivity index (χ0) is 17.2. The fourth-order valence-electron chi connectivity index (χ4n) is 3.24. The van der Waals surface area contributed by atoms with Gasteiger partial charge in [-0.25, -0.2) is 0 Å². The monoisotopic (exact) mass is 350 g/mol. The molecule has 0 radical (unpaired) electrons. The van der Waals surface area contributed by atoms with Gasteiger partial charge in [0.05, 0.1) is 5.69 Å². The van der Waals surface area contributed by atoms with Crippen LogP contribution in [0.5, 0.6) is 0 Å². The standard InChI is InChI=1S/C20H19ClN4/c1-24-11-12-25(18-7-5-17(21)6-8-18)20-9-4-15(13-16(20)14-24)19-3-2-10-22-23-19/h2-10,13H,11-12,14H2,1H3. The van der Waals surface area contributed by atoms with Crippen LogP contribution in [-0.4, -0.2) is 35.2 Å². The molecule has 25 heavy (non-hydrogen) atoms. The molecule has 0 unspecified atom stereocenters. The lowest BCUT2D eigenvalue weighted by atomic mass is 10.0. The van der Waals surface area contributed by atoms with E-state index in [1.54, 1.807) is 6.20 Å². The maximum Gasteiger partial charge on any atom is 0.0929 e. The van der Waals surface area contributed by atoms with Crippen LogP contribution in [0.1, 0.15) is 5.56 Å². The molecule has 1 aliphatic rings. The largest absolute Gasteiger partial charge is 0.340 e. The van der Waals surface area contributed by atoms with E-state index in [0.29, 0.717) is 0 Å². The number of aromatic nitrogens is 2. The first-order valence-corrected chi connectivity index (χ1v) is 8.71. The van der Waals surface area contributed by atoms with Gasteiger partial charge in [0.1, 0.15) is 0 Å². The second-order valence-corrected chi connectivity index (χ2v) is 6.75. The lowest BCUT2D eigenvalue weighted by Crippen LogP contribution is -2.26. The van der Waals surface area contributed by atoms with Gasteiger partial charge in [0.15, 0.2) is 0 Å². The van der Waals surface area contributed by atoms with Crippen LogP contribution in [0.15, 0.2) is 60.8 Å². The highest BCUT2D eigenvalue weighted by molar-refractivity contribution is 6.30. The average molecular weight is 351 g/mol. The van der Waals surface area contributed by atoms with Crippen molar-refractivity contribution in [3.8, 4) is 11.3 Å². The van der Waals surface area contributed by atoms with E-state index in [0.717, 1.165) is 41.6 Å². The van der Waals surface area contributed by atoms with Crippen LogP contribution in [0.25, 0.3) is 11.3 Å². The molecule has 1 aliphatic heterocycles. The predicted molar refractivity (Wildman–Crippen MR) is 102 cm³/mol. The third-order valence-corrected chi connectivity index (χ3v) is 4.77. The van der Waals surface area contributed by atoms with Crippen molar-refractivity contribution in [1.82, 2.24) is 15.1 Å². The number of halogens is 1. The van der Waals surface area contributed by atoms with E-state index in [1.807, 2.05) is 24.3 Å². The Balaban J connectivity index is 1.78. The van der Waals surface area contributed by atoms with E-state index in [1.165, 1.54) is 11.3 Å². The molecule has 2 heterocycles. The summed E-state index contributed by atoms with van der Waals surface area (Å²) in [6.45, 7) is 2.85. The van der Waals surface area contributed by atoms with E-state index in [9.17, 15) is 0 Å². The van der Waals surface area contributed by atoms with Crippen LogP contribution in [-0.2, 0) is 6.54 Å². The van der Waals surface area contributed by atoms with E-state index < -0.39 is 0 Å². The highest BCUT2D eigenvalue weighted by Crippen LogP contribution is 2.34. The third kappa shape index (κ3) is 3.36. The Morgan fingerprint density at radius 1 is 1.00 bits per heavy atom. The Morgan fingerprint density at radius 2 is 1.84 bits per heavy atom. The van der Waals surface area contributed by atoms with E-state index in [4.69, 9.17) is 11.6 Å². The summed E-state index contributed by atoms with van der Waals surface area (Å²) in [7, 11) is 2.16. The maximum atomic E-state index is 6.06. The average Bonchev–Trinajstić information content (AvgIpc) is 2.81. The molecule has 1 aromatic heterocycles. The number of benzene rings is 2. The van der Waals surface area contributed by atoms with Crippen molar-refractivity contribution in [3.63, 3.8) is 0 Å². The molecule has 0 spiro atoms. The quantitative estimate of drug-likeness (QED) is 0.686. The molecule has 4 nitrogen and oxygen atoms in total. The van der Waals surface area contributed by atoms with Crippen LogP contribution in [0.4, 0.5) is 11.4 Å². The number of nitrogens with zero attached hydrogens (tertiary/aromatic N) is 4. The number of hydrogen-bond donors (Lipinski definition) is 0. The minimum absolute atomic E-state index is 0.758. The molecule has 2 aromatic carbocycles. The summed E-state index contributed by atoms with van der Waals surface area (Å²) >= 11 is 6.06. The zero-order valence-electron chi connectivity index (χ0n) is 14.1. The smallest absolute Gasteiger partial charge is 0.0929 e. The zero-order valence-corrected chi connectivity index (χ0v) is 14.8. The summed E-state index contributed by atoms with van der Waals surface area (Å²) in [5.74, 6) is 0. The molecule has 0 saturated heterocycles. The van der Waals surface area contributed by atoms with Crippen LogP contribution >= 0.6 is 11.6 Å². The van der Waals surface area contributed by atoms with Crippen LogP contribution < -0.4 is 4.90 Å². The van der Waals surface area contributed by atoms with Crippen molar-refractivity contribution in [1.29, 1.82) is 0 Å². The number of anilines is 2. The molecule has 0 N–H and O–H groups in total. The van der Waals surface area contributed by atoms with Gasteiger partial charge in [-0.15, -0.1) is 0 Å². The topological polar surface area (TPSA) is 32.3 Å². The van der Waals surface area contributed by atoms with Crippen LogP contribution in [0, 0.1) is 0 Å². The Labute approximate surface area is 152 Å². The molecule has 0 bridgehead atoms. The maximum absolute atomic E-state index is 6.06. The van der Waals surface area contributed by atoms with Crippen molar-refractivity contribution in [3.05, 3.63) is 71.4 Å². The third-order valence-electron chi connectivity index (χ3n) is 4.52. The Bertz CT molecular complexity index is 865. The molecular formula is C20H19ClN4. The second-order valence-electron chi connectivity index (χ2n) is 6.32. The van der Waals surface area contributed by atoms with E-state index in [-0.39, 0.29) is 0 Å². The van der Waals surface area contributed by atoms with Gasteiger partial charge in [-0.2, -0.15) is 10.2 Å². The Hall–Kier alpha value is -2.43. The molecule has 5 heteroatoms. The molecule has 0 atom stereocenters. The van der Waals surface area contributed by atoms with Crippen molar-refractivity contribution in [2.24, 2.45) is 0 Å². The molecular weight excluding hydrogens is 332 g/mol. The van der Waals surface area contributed by atoms with Crippen molar-refractivity contribution in [2.75, 3.05) is 25.0 Å². The summed E-state index contributed by atoms with van der Waals surface area (Å²) in [5, 5.41) is 8.99. The molecule has 0 aliphatic carbocycles. The highest BCUT2D eigenvalue weighted by Gasteiger charge is 2.20. The van der Waals surface area contributed by atoms with Crippen molar-refractivity contribution in [2.45, 2.75) is 6.54 Å². The first-order valence-electron chi connectivity index (χ1n) is 8.33. The normalized spacial score (nSPS) is 14.9. The number of likely N-dealkylation sites (N-methyl/N-ethyl adjacent to an activating group) is 1. The van der Waals surface area contributed by atoms with Crippen LogP contribution in [0.3, 0.4) is 0 Å². The van der Waals surface area contributed by atoms with Gasteiger partial charge in [-0.3, -0.25) is 0 Å². The SMILES string of the molecule is CN1CCN(c2ccc(Cl)cc2)c2ccc(-c3cccnn3)cc2C1. The molecule has 0 saturated carbocycles. The van der Waals surface area contributed by atoms with Gasteiger partial charge >= 0.3 is 0 Å². The fraction of sp³-hybridized carbons (Fsp3) is 0.200. The Kier molecular flexibility index (Phi) is 4.38. The van der Waals surface area contributed by atoms with Crippen molar-refractivity contribution < 1.29 is 0 Å². The van der Waals surface area contributed by atoms with Gasteiger partial charge in [-0.05, 0) is 61.1 Å². The van der Waals surface area contributed by atoms with Gasteiger partial charge in [-0.1, -0.05) is 17.7 Å². The first-order chi connectivity index (χ1) is 12.2. The minimum atomic E-state index is 0.758. The summed E-state index contributed by atoms with van der Waals surface area (Å²) in [5.41, 5.74) is 5.68. The van der Waals surface area contributed by atoms with Gasteiger partial charge in [0.2, 0.25) is 0 Å². The minimum Gasteiger partial charge on any atom is -0.340 e. The number of hydrogen-bond acceptors (Lipinski definition) is 4. The number of rotatable bonds is 2. The molecule has 0 fully saturated rings. The summed E-state index contributed by atoms with van der Waals surface area (Å²) in [6.07, 6.45) is 1.70. The molecule has 3 aromatic rings. The predicted octanol–water partition coefficient (Wildman–Crippen LogP) is 4.38. The second kappa shape index (κ2) is 6.82. The molecule has 0 amide bonds. The lowest BCUT2D eigenvalue weighted by Gasteiger charge is -2.25. The Morgan fingerprint density at radius 3 is 2.60 bits per heavy atom. The van der Waals surface area contributed by atoms with Crippen molar-refractivity contribution >= 4 is 23.0 Å². The molecule has 4 rings (SSSR count). The van der Waals surface area contributed by atoms with E-state index >= 15 is 0 Å². The van der Waals surface area contributed by atoms with Gasteiger partial charge in [0, 0.05) is 47.8 Å². The summed E-state index contributed by atoms with van der Waals surface area (Å²) < 4.78 is 0. The number of fused-ring (bicyclic) bond motifs is 1. The van der Waals surface area contributed by atoms with Gasteiger partial charge in [0.25, 0.3) is 0 Å². The van der Waals surface area contributed by atoms with Gasteiger partial charge < -0.3 is 9.80 Å². The molecule has 126 valence electrons. The first kappa shape index (κ1) is 16.1. The highest BCUT2D eigenvalue weighted by atomic mass is 35.5.